The summed E-state index contributed by atoms with van der Waals surface area (Å²) in [6, 6.07) is 14.0. The molecule has 0 saturated heterocycles. The molecule has 0 saturated carbocycles. The summed E-state index contributed by atoms with van der Waals surface area (Å²) in [6.07, 6.45) is 0. The molecule has 0 bridgehead atoms. The second-order valence-electron chi connectivity index (χ2n) is 7.44. The molecule has 0 aliphatic carbocycles. The molecule has 0 fully saturated rings. The van der Waals surface area contributed by atoms with Crippen molar-refractivity contribution in [2.24, 2.45) is 0 Å². The molecule has 2 rings (SSSR count). The standard InChI is InChI=1S/C22H28O6S/c1-5-26-14-15-27-19-10-6-17(7-11-19)18-8-12-20(13-9-18)29(24,25)16-21(23)28-22(2,3)4/h6-13H,5,14-16H2,1-4H3. The van der Waals surface area contributed by atoms with Crippen LogP contribution in [-0.4, -0.2) is 45.6 Å². The van der Waals surface area contributed by atoms with E-state index in [0.717, 1.165) is 16.9 Å². The van der Waals surface area contributed by atoms with Crippen LogP contribution < -0.4 is 4.74 Å². The zero-order valence-electron chi connectivity index (χ0n) is 17.3. The number of hydrogen-bond donors (Lipinski definition) is 0. The Balaban J connectivity index is 2.03. The van der Waals surface area contributed by atoms with Crippen LogP contribution in [0.4, 0.5) is 0 Å². The third-order valence-electron chi connectivity index (χ3n) is 3.83. The molecule has 158 valence electrons. The maximum atomic E-state index is 12.4. The molecule has 0 N–H and O–H groups in total. The smallest absolute Gasteiger partial charge is 0.322 e. The van der Waals surface area contributed by atoms with Gasteiger partial charge in [-0.25, -0.2) is 8.42 Å². The second-order valence-corrected chi connectivity index (χ2v) is 9.43. The molecule has 0 atom stereocenters. The Morgan fingerprint density at radius 1 is 0.897 bits per heavy atom. The summed E-state index contributed by atoms with van der Waals surface area (Å²) in [4.78, 5) is 11.9. The van der Waals surface area contributed by atoms with Crippen molar-refractivity contribution < 1.29 is 27.4 Å². The molecular weight excluding hydrogens is 392 g/mol. The topological polar surface area (TPSA) is 78.9 Å². The van der Waals surface area contributed by atoms with Gasteiger partial charge in [0.05, 0.1) is 11.5 Å². The summed E-state index contributed by atoms with van der Waals surface area (Å²) in [6.45, 7) is 8.70. The lowest BCUT2D eigenvalue weighted by Gasteiger charge is -2.19. The van der Waals surface area contributed by atoms with Gasteiger partial charge in [-0.3, -0.25) is 4.79 Å². The number of sulfone groups is 1. The van der Waals surface area contributed by atoms with Gasteiger partial charge < -0.3 is 14.2 Å². The average molecular weight is 421 g/mol. The van der Waals surface area contributed by atoms with E-state index in [1.54, 1.807) is 32.9 Å². The maximum Gasteiger partial charge on any atom is 0.322 e. The summed E-state index contributed by atoms with van der Waals surface area (Å²) in [5.41, 5.74) is 1.07. The van der Waals surface area contributed by atoms with Crippen molar-refractivity contribution >= 4 is 15.8 Å². The van der Waals surface area contributed by atoms with E-state index in [1.807, 2.05) is 31.2 Å². The molecule has 0 aliphatic rings. The number of ether oxygens (including phenoxy) is 3. The van der Waals surface area contributed by atoms with Gasteiger partial charge in [-0.2, -0.15) is 0 Å². The van der Waals surface area contributed by atoms with Crippen LogP contribution in [0.5, 0.6) is 5.75 Å². The van der Waals surface area contributed by atoms with E-state index in [1.165, 1.54) is 12.1 Å². The van der Waals surface area contributed by atoms with Crippen LogP contribution in [0.1, 0.15) is 27.7 Å². The molecule has 7 heteroatoms. The van der Waals surface area contributed by atoms with Crippen LogP contribution in [0.2, 0.25) is 0 Å². The quantitative estimate of drug-likeness (QED) is 0.452. The number of carbonyl (C=O) groups is 1. The average Bonchev–Trinajstić information content (AvgIpc) is 2.64. The highest BCUT2D eigenvalue weighted by atomic mass is 32.2. The van der Waals surface area contributed by atoms with E-state index in [0.29, 0.717) is 19.8 Å². The fourth-order valence-corrected chi connectivity index (χ4v) is 3.66. The first-order valence-corrected chi connectivity index (χ1v) is 11.1. The Kier molecular flexibility index (Phi) is 7.81. The van der Waals surface area contributed by atoms with E-state index in [9.17, 15) is 13.2 Å². The normalized spacial score (nSPS) is 11.9. The van der Waals surface area contributed by atoms with Gasteiger partial charge in [0.25, 0.3) is 0 Å². The fraction of sp³-hybridized carbons (Fsp3) is 0.409. The molecule has 0 amide bonds. The molecule has 0 heterocycles. The number of carbonyl (C=O) groups excluding carboxylic acids is 1. The predicted molar refractivity (Wildman–Crippen MR) is 112 cm³/mol. The molecule has 0 unspecified atom stereocenters. The minimum atomic E-state index is -3.76. The highest BCUT2D eigenvalue weighted by molar-refractivity contribution is 7.92. The lowest BCUT2D eigenvalue weighted by atomic mass is 10.1. The molecule has 0 aromatic heterocycles. The van der Waals surface area contributed by atoms with Crippen LogP contribution in [0.15, 0.2) is 53.4 Å². The number of rotatable bonds is 9. The van der Waals surface area contributed by atoms with Gasteiger partial charge >= 0.3 is 5.97 Å². The zero-order chi connectivity index (χ0) is 21.5. The van der Waals surface area contributed by atoms with Crippen molar-refractivity contribution in [3.8, 4) is 16.9 Å². The zero-order valence-corrected chi connectivity index (χ0v) is 18.1. The third-order valence-corrected chi connectivity index (χ3v) is 5.44. The summed E-state index contributed by atoms with van der Waals surface area (Å²) in [5.74, 6) is -0.705. The summed E-state index contributed by atoms with van der Waals surface area (Å²) >= 11 is 0. The largest absolute Gasteiger partial charge is 0.491 e. The van der Waals surface area contributed by atoms with Crippen molar-refractivity contribution in [2.45, 2.75) is 38.2 Å². The fourth-order valence-electron chi connectivity index (χ4n) is 2.57. The van der Waals surface area contributed by atoms with Crippen molar-refractivity contribution in [1.82, 2.24) is 0 Å². The summed E-state index contributed by atoms with van der Waals surface area (Å²) in [7, 11) is -3.76. The summed E-state index contributed by atoms with van der Waals surface area (Å²) < 4.78 is 40.8. The van der Waals surface area contributed by atoms with E-state index in [4.69, 9.17) is 14.2 Å². The highest BCUT2D eigenvalue weighted by Gasteiger charge is 2.24. The van der Waals surface area contributed by atoms with Crippen molar-refractivity contribution in [2.75, 3.05) is 25.6 Å². The van der Waals surface area contributed by atoms with Crippen molar-refractivity contribution in [1.29, 1.82) is 0 Å². The van der Waals surface area contributed by atoms with Crippen LogP contribution in [0, 0.1) is 0 Å². The minimum absolute atomic E-state index is 0.0861. The van der Waals surface area contributed by atoms with Gasteiger partial charge in [0, 0.05) is 6.61 Å². The molecule has 0 radical (unpaired) electrons. The number of benzene rings is 2. The van der Waals surface area contributed by atoms with Gasteiger partial charge in [0.1, 0.15) is 18.0 Å². The van der Waals surface area contributed by atoms with E-state index < -0.39 is 27.2 Å². The molecule has 2 aromatic rings. The first kappa shape index (κ1) is 22.9. The van der Waals surface area contributed by atoms with E-state index in [-0.39, 0.29) is 4.90 Å². The third kappa shape index (κ3) is 7.51. The molecular formula is C22H28O6S. The molecule has 0 spiro atoms. The van der Waals surface area contributed by atoms with Crippen molar-refractivity contribution in [3.63, 3.8) is 0 Å². The predicted octanol–water partition coefficient (Wildman–Crippen LogP) is 3.88. The highest BCUT2D eigenvalue weighted by Crippen LogP contribution is 2.24. The first-order chi connectivity index (χ1) is 13.6. The van der Waals surface area contributed by atoms with Crippen LogP contribution >= 0.6 is 0 Å². The Labute approximate surface area is 172 Å². The van der Waals surface area contributed by atoms with Gasteiger partial charge in [0.2, 0.25) is 0 Å². The molecule has 0 aliphatic heterocycles. The lowest BCUT2D eigenvalue weighted by molar-refractivity contribution is -0.151. The Bertz CT molecular complexity index is 894. The van der Waals surface area contributed by atoms with Crippen LogP contribution in [0.25, 0.3) is 11.1 Å². The number of esters is 1. The molecule has 2 aromatic carbocycles. The second kappa shape index (κ2) is 9.89. The monoisotopic (exact) mass is 420 g/mol. The maximum absolute atomic E-state index is 12.4. The Hall–Kier alpha value is -2.38. The SMILES string of the molecule is CCOCCOc1ccc(-c2ccc(S(=O)(=O)CC(=O)OC(C)(C)C)cc2)cc1. The number of hydrogen-bond acceptors (Lipinski definition) is 6. The van der Waals surface area contributed by atoms with Crippen LogP contribution in [-0.2, 0) is 24.1 Å². The lowest BCUT2D eigenvalue weighted by Crippen LogP contribution is -2.28. The first-order valence-electron chi connectivity index (χ1n) is 9.46. The summed E-state index contributed by atoms with van der Waals surface area (Å²) in [5, 5.41) is 0. The molecule has 6 nitrogen and oxygen atoms in total. The van der Waals surface area contributed by atoms with E-state index >= 15 is 0 Å². The van der Waals surface area contributed by atoms with Gasteiger partial charge in [-0.1, -0.05) is 24.3 Å². The van der Waals surface area contributed by atoms with Gasteiger partial charge in [0.15, 0.2) is 15.6 Å². The minimum Gasteiger partial charge on any atom is -0.491 e. The van der Waals surface area contributed by atoms with E-state index in [2.05, 4.69) is 0 Å². The molecule has 29 heavy (non-hydrogen) atoms. The Morgan fingerprint density at radius 2 is 1.45 bits per heavy atom. The van der Waals surface area contributed by atoms with Gasteiger partial charge in [-0.05, 0) is 63.1 Å². The Morgan fingerprint density at radius 3 is 1.97 bits per heavy atom. The van der Waals surface area contributed by atoms with Crippen molar-refractivity contribution in [3.05, 3.63) is 48.5 Å². The van der Waals surface area contributed by atoms with Gasteiger partial charge in [-0.15, -0.1) is 0 Å². The van der Waals surface area contributed by atoms with Crippen LogP contribution in [0.3, 0.4) is 0 Å².